The fraction of sp³-hybridized carbons (Fsp3) is 0.714. The minimum absolute atomic E-state index is 0.0271. The van der Waals surface area contributed by atoms with Gasteiger partial charge in [0.15, 0.2) is 18.9 Å². The van der Waals surface area contributed by atoms with Gasteiger partial charge in [-0.15, -0.1) is 0 Å². The minimum Gasteiger partial charge on any atom is -0.394 e. The monoisotopic (exact) mass is 499 g/mol. The maximum absolute atomic E-state index is 10.7. The quantitative estimate of drug-likeness (QED) is 0.123. The van der Waals surface area contributed by atoms with Crippen LogP contribution in [0.4, 0.5) is 0 Å². The molecule has 1 aromatic rings. The standard InChI is InChI=1S/C21H29N3O11/c22-24-23-6-7-30-20-15(28)13(26)17(11(8-25)32-20)35-21-16(29)14(27)18-12(33-21)9-31-19(34-18)10-4-2-1-3-5-10/h1-5,11-21,25-29H,6-9H2/t11?,12?,13?,14?,15-,16-,17+,18-,19?,20+,21-/m0/s1. The molecule has 5 N–H and O–H groups in total. The lowest BCUT2D eigenvalue weighted by molar-refractivity contribution is -0.385. The molecule has 1 aromatic carbocycles. The van der Waals surface area contributed by atoms with Crippen molar-refractivity contribution >= 4 is 0 Å². The van der Waals surface area contributed by atoms with Gasteiger partial charge >= 0.3 is 0 Å². The van der Waals surface area contributed by atoms with E-state index < -0.39 is 74.3 Å². The number of nitrogens with zero attached hydrogens (tertiary/aromatic N) is 3. The maximum atomic E-state index is 10.7. The average Bonchev–Trinajstić information content (AvgIpc) is 2.89. The third-order valence-electron chi connectivity index (χ3n) is 6.05. The lowest BCUT2D eigenvalue weighted by Crippen LogP contribution is -2.66. The molecule has 0 radical (unpaired) electrons. The van der Waals surface area contributed by atoms with Crippen molar-refractivity contribution in [3.05, 3.63) is 46.3 Å². The molecule has 4 rings (SSSR count). The third kappa shape index (κ3) is 5.75. The molecule has 3 aliphatic heterocycles. The number of hydrogen-bond donors (Lipinski definition) is 5. The second-order valence-electron chi connectivity index (χ2n) is 8.33. The van der Waals surface area contributed by atoms with Gasteiger partial charge in [-0.1, -0.05) is 35.4 Å². The molecule has 3 aliphatic rings. The topological polar surface area (TPSA) is 205 Å². The van der Waals surface area contributed by atoms with E-state index in [-0.39, 0.29) is 19.8 Å². The predicted octanol–water partition coefficient (Wildman–Crippen LogP) is -1.30. The summed E-state index contributed by atoms with van der Waals surface area (Å²) in [7, 11) is 0. The van der Waals surface area contributed by atoms with Crippen LogP contribution in [0.25, 0.3) is 10.4 Å². The summed E-state index contributed by atoms with van der Waals surface area (Å²) in [6.45, 7) is -0.704. The van der Waals surface area contributed by atoms with E-state index in [4.69, 9.17) is 34.0 Å². The molecular weight excluding hydrogens is 470 g/mol. The number of azide groups is 1. The lowest BCUT2D eigenvalue weighted by atomic mass is 9.96. The molecule has 11 atom stereocenters. The maximum Gasteiger partial charge on any atom is 0.187 e. The molecule has 14 heteroatoms. The normalized spacial score (nSPS) is 41.6. The zero-order valence-corrected chi connectivity index (χ0v) is 18.6. The first-order chi connectivity index (χ1) is 16.9. The van der Waals surface area contributed by atoms with Crippen LogP contribution in [0, 0.1) is 0 Å². The van der Waals surface area contributed by atoms with Gasteiger partial charge in [0.05, 0.1) is 19.8 Å². The number of ether oxygens (including phenoxy) is 6. The summed E-state index contributed by atoms with van der Waals surface area (Å²) in [4.78, 5) is 2.58. The molecule has 5 unspecified atom stereocenters. The summed E-state index contributed by atoms with van der Waals surface area (Å²) >= 11 is 0. The molecule has 14 nitrogen and oxygen atoms in total. The van der Waals surface area contributed by atoms with Crippen molar-refractivity contribution in [2.75, 3.05) is 26.4 Å². The number of aliphatic hydroxyl groups is 5. The van der Waals surface area contributed by atoms with E-state index in [0.29, 0.717) is 0 Å². The van der Waals surface area contributed by atoms with Gasteiger partial charge in [-0.3, -0.25) is 0 Å². The van der Waals surface area contributed by atoms with Crippen molar-refractivity contribution in [2.45, 2.75) is 67.7 Å². The fourth-order valence-corrected chi connectivity index (χ4v) is 4.24. The fourth-order valence-electron chi connectivity index (χ4n) is 4.24. The lowest BCUT2D eigenvalue weighted by Gasteiger charge is -2.48. The molecule has 0 amide bonds. The molecular formula is C21H29N3O11. The third-order valence-corrected chi connectivity index (χ3v) is 6.05. The number of fused-ring (bicyclic) bond motifs is 1. The second kappa shape index (κ2) is 11.9. The Labute approximate surface area is 200 Å². The number of hydrogen-bond acceptors (Lipinski definition) is 12. The Morgan fingerprint density at radius 2 is 1.71 bits per heavy atom. The van der Waals surface area contributed by atoms with Crippen molar-refractivity contribution in [1.29, 1.82) is 0 Å². The van der Waals surface area contributed by atoms with E-state index >= 15 is 0 Å². The summed E-state index contributed by atoms with van der Waals surface area (Å²) in [6.07, 6.45) is -13.9. The second-order valence-corrected chi connectivity index (χ2v) is 8.33. The Morgan fingerprint density at radius 1 is 0.971 bits per heavy atom. The smallest absolute Gasteiger partial charge is 0.187 e. The zero-order valence-electron chi connectivity index (χ0n) is 18.6. The van der Waals surface area contributed by atoms with Crippen LogP contribution in [-0.2, 0) is 28.4 Å². The minimum atomic E-state index is -1.60. The van der Waals surface area contributed by atoms with E-state index in [9.17, 15) is 25.5 Å². The van der Waals surface area contributed by atoms with Gasteiger partial charge in [0.25, 0.3) is 0 Å². The Balaban J connectivity index is 1.39. The van der Waals surface area contributed by atoms with Crippen LogP contribution in [0.2, 0.25) is 0 Å². The van der Waals surface area contributed by atoms with E-state index in [1.807, 2.05) is 30.3 Å². The Kier molecular flexibility index (Phi) is 8.88. The van der Waals surface area contributed by atoms with Crippen molar-refractivity contribution in [2.24, 2.45) is 5.11 Å². The molecule has 0 saturated carbocycles. The molecule has 35 heavy (non-hydrogen) atoms. The Morgan fingerprint density at radius 3 is 2.43 bits per heavy atom. The van der Waals surface area contributed by atoms with E-state index in [2.05, 4.69) is 10.0 Å². The molecule has 0 aromatic heterocycles. The number of rotatable bonds is 8. The zero-order chi connectivity index (χ0) is 24.9. The van der Waals surface area contributed by atoms with Crippen LogP contribution in [0.3, 0.4) is 0 Å². The van der Waals surface area contributed by atoms with Gasteiger partial charge in [-0.05, 0) is 5.53 Å². The highest BCUT2D eigenvalue weighted by atomic mass is 16.8. The number of aliphatic hydroxyl groups excluding tert-OH is 5. The summed E-state index contributed by atoms with van der Waals surface area (Å²) in [6, 6.07) is 9.10. The van der Waals surface area contributed by atoms with Gasteiger partial charge in [0, 0.05) is 17.0 Å². The van der Waals surface area contributed by atoms with Gasteiger partial charge in [-0.2, -0.15) is 0 Å². The van der Waals surface area contributed by atoms with Crippen LogP contribution in [0.1, 0.15) is 11.9 Å². The Hall–Kier alpha value is -1.91. The average molecular weight is 499 g/mol. The summed E-state index contributed by atoms with van der Waals surface area (Å²) < 4.78 is 33.8. The highest BCUT2D eigenvalue weighted by Gasteiger charge is 2.53. The molecule has 0 aliphatic carbocycles. The highest BCUT2D eigenvalue weighted by Crippen LogP contribution is 2.35. The van der Waals surface area contributed by atoms with Crippen LogP contribution in [0.5, 0.6) is 0 Å². The molecule has 3 heterocycles. The van der Waals surface area contributed by atoms with Gasteiger partial charge < -0.3 is 54.0 Å². The molecule has 194 valence electrons. The molecule has 3 saturated heterocycles. The van der Waals surface area contributed by atoms with Gasteiger partial charge in [-0.25, -0.2) is 0 Å². The SMILES string of the molecule is [N-]=[N+]=NCCO[C@@H]1OC(CO)[C@@H](O[C@@H]2OC3COC(c4ccccc4)O[C@@H]3C(O)[C@@H]2O)C(O)[C@@H]1O. The van der Waals surface area contributed by atoms with Crippen molar-refractivity contribution in [1.82, 2.24) is 0 Å². The van der Waals surface area contributed by atoms with Crippen LogP contribution >= 0.6 is 0 Å². The van der Waals surface area contributed by atoms with Crippen molar-refractivity contribution in [3.63, 3.8) is 0 Å². The molecule has 3 fully saturated rings. The van der Waals surface area contributed by atoms with Crippen molar-refractivity contribution in [3.8, 4) is 0 Å². The van der Waals surface area contributed by atoms with E-state index in [1.54, 1.807) is 0 Å². The first-order valence-corrected chi connectivity index (χ1v) is 11.2. The number of benzene rings is 1. The highest BCUT2D eigenvalue weighted by molar-refractivity contribution is 5.16. The molecule has 0 spiro atoms. The largest absolute Gasteiger partial charge is 0.394 e. The van der Waals surface area contributed by atoms with Gasteiger partial charge in [0.2, 0.25) is 0 Å². The Bertz CT molecular complexity index is 856. The predicted molar refractivity (Wildman–Crippen MR) is 113 cm³/mol. The van der Waals surface area contributed by atoms with E-state index in [0.717, 1.165) is 5.56 Å². The summed E-state index contributed by atoms with van der Waals surface area (Å²) in [5.41, 5.74) is 9.05. The van der Waals surface area contributed by atoms with Crippen LogP contribution in [0.15, 0.2) is 35.4 Å². The van der Waals surface area contributed by atoms with Gasteiger partial charge in [0.1, 0.15) is 48.8 Å². The summed E-state index contributed by atoms with van der Waals surface area (Å²) in [5, 5.41) is 55.4. The first-order valence-electron chi connectivity index (χ1n) is 11.2. The van der Waals surface area contributed by atoms with Crippen LogP contribution in [-0.4, -0.2) is 113 Å². The van der Waals surface area contributed by atoms with Crippen molar-refractivity contribution < 1.29 is 54.0 Å². The van der Waals surface area contributed by atoms with Crippen LogP contribution < -0.4 is 0 Å². The van der Waals surface area contributed by atoms with E-state index in [1.165, 1.54) is 0 Å². The molecule has 0 bridgehead atoms. The summed E-state index contributed by atoms with van der Waals surface area (Å²) in [5.74, 6) is 0. The first kappa shape index (κ1) is 26.2.